The Labute approximate surface area is 168 Å². The van der Waals surface area contributed by atoms with E-state index in [4.69, 9.17) is 0 Å². The zero-order chi connectivity index (χ0) is 18.8. The second-order valence-corrected chi connectivity index (χ2v) is 10.00. The van der Waals surface area contributed by atoms with Crippen molar-refractivity contribution in [2.75, 3.05) is 11.1 Å². The second kappa shape index (κ2) is 8.19. The number of benzene rings is 1. The van der Waals surface area contributed by atoms with Crippen molar-refractivity contribution >= 4 is 39.8 Å². The summed E-state index contributed by atoms with van der Waals surface area (Å²) in [6.45, 7) is 4.23. The molecule has 0 saturated heterocycles. The number of para-hydroxylation sites is 1. The van der Waals surface area contributed by atoms with Gasteiger partial charge in [0, 0.05) is 11.7 Å². The average Bonchev–Trinajstić information content (AvgIpc) is 3.39. The van der Waals surface area contributed by atoms with Gasteiger partial charge in [-0.3, -0.25) is 4.79 Å². The van der Waals surface area contributed by atoms with E-state index in [2.05, 4.69) is 40.7 Å². The van der Waals surface area contributed by atoms with E-state index in [9.17, 15) is 4.79 Å². The Morgan fingerprint density at radius 3 is 2.89 bits per heavy atom. The molecule has 2 aromatic rings. The van der Waals surface area contributed by atoms with Crippen LogP contribution in [0.3, 0.4) is 0 Å². The number of rotatable bonds is 7. The molecule has 27 heavy (non-hydrogen) atoms. The Bertz CT molecular complexity index is 809. The van der Waals surface area contributed by atoms with E-state index < -0.39 is 0 Å². The zero-order valence-corrected chi connectivity index (χ0v) is 17.4. The maximum absolute atomic E-state index is 12.3. The number of fused-ring (bicyclic) bond motifs is 2. The van der Waals surface area contributed by atoms with Crippen LogP contribution >= 0.6 is 23.1 Å². The zero-order valence-electron chi connectivity index (χ0n) is 15.8. The molecule has 5 nitrogen and oxygen atoms in total. The smallest absolute Gasteiger partial charge is 0.230 e. The molecule has 2 fully saturated rings. The van der Waals surface area contributed by atoms with Gasteiger partial charge in [-0.15, -0.1) is 10.2 Å². The first kappa shape index (κ1) is 18.7. The summed E-state index contributed by atoms with van der Waals surface area (Å²) in [7, 11) is 0. The quantitative estimate of drug-likeness (QED) is 0.661. The number of aromatic nitrogens is 2. The molecule has 2 bridgehead atoms. The van der Waals surface area contributed by atoms with E-state index in [0.717, 1.165) is 32.6 Å². The highest BCUT2D eigenvalue weighted by Crippen LogP contribution is 2.49. The molecule has 4 atom stereocenters. The van der Waals surface area contributed by atoms with Crippen molar-refractivity contribution in [3.8, 4) is 0 Å². The highest BCUT2D eigenvalue weighted by molar-refractivity contribution is 8.01. The largest absolute Gasteiger partial charge is 0.353 e. The Morgan fingerprint density at radius 1 is 1.30 bits per heavy atom. The molecule has 1 aromatic carbocycles. The number of carbonyl (C=O) groups is 1. The predicted octanol–water partition coefficient (Wildman–Crippen LogP) is 4.62. The minimum absolute atomic E-state index is 0.0962. The summed E-state index contributed by atoms with van der Waals surface area (Å²) in [5, 5.41) is 15.6. The summed E-state index contributed by atoms with van der Waals surface area (Å²) in [6, 6.07) is 8.36. The number of thioether (sulfide) groups is 1. The van der Waals surface area contributed by atoms with Crippen LogP contribution in [0.15, 0.2) is 28.6 Å². The van der Waals surface area contributed by atoms with Crippen molar-refractivity contribution in [2.24, 2.45) is 17.8 Å². The summed E-state index contributed by atoms with van der Waals surface area (Å²) in [4.78, 5) is 12.3. The third-order valence-electron chi connectivity index (χ3n) is 5.94. The molecule has 4 unspecified atom stereocenters. The topological polar surface area (TPSA) is 66.9 Å². The van der Waals surface area contributed by atoms with Crippen molar-refractivity contribution in [2.45, 2.75) is 49.9 Å². The molecule has 0 aliphatic heterocycles. The van der Waals surface area contributed by atoms with Crippen LogP contribution in [0.2, 0.25) is 0 Å². The van der Waals surface area contributed by atoms with Gasteiger partial charge in [0.25, 0.3) is 0 Å². The number of hydrogen-bond acceptors (Lipinski definition) is 6. The van der Waals surface area contributed by atoms with Crippen molar-refractivity contribution in [1.29, 1.82) is 0 Å². The maximum atomic E-state index is 12.3. The van der Waals surface area contributed by atoms with E-state index in [1.165, 1.54) is 48.8 Å². The molecular formula is C20H26N4OS2. The first-order chi connectivity index (χ1) is 13.1. The molecule has 0 spiro atoms. The number of aryl methyl sites for hydroxylation is 1. The van der Waals surface area contributed by atoms with Gasteiger partial charge in [-0.05, 0) is 62.5 Å². The van der Waals surface area contributed by atoms with Crippen LogP contribution in [-0.2, 0) is 4.79 Å². The van der Waals surface area contributed by atoms with Gasteiger partial charge in [0.1, 0.15) is 0 Å². The van der Waals surface area contributed by atoms with Gasteiger partial charge in [-0.25, -0.2) is 0 Å². The van der Waals surface area contributed by atoms with Crippen LogP contribution in [0.4, 0.5) is 10.8 Å². The average molecular weight is 403 g/mol. The SMILES string of the molecule is Cc1ccccc1Nc1nnc(SCC(=O)NC(C)C2CC3CCC2C3)s1. The molecule has 2 aliphatic carbocycles. The standard InChI is InChI=1S/C20H26N4OS2/c1-12-5-3-4-6-17(12)22-19-23-24-20(27-19)26-11-18(25)21-13(2)16-10-14-7-8-15(16)9-14/h3-6,13-16H,7-11H2,1-2H3,(H,21,25)(H,22,23). The Morgan fingerprint density at radius 2 is 2.15 bits per heavy atom. The first-order valence-electron chi connectivity index (χ1n) is 9.67. The summed E-state index contributed by atoms with van der Waals surface area (Å²) < 4.78 is 0.814. The van der Waals surface area contributed by atoms with Gasteiger partial charge in [-0.1, -0.05) is 47.7 Å². The Balaban J connectivity index is 1.25. The van der Waals surface area contributed by atoms with Crippen LogP contribution in [0.25, 0.3) is 0 Å². The lowest BCUT2D eigenvalue weighted by atomic mass is 9.84. The molecule has 2 saturated carbocycles. The van der Waals surface area contributed by atoms with Crippen molar-refractivity contribution in [3.05, 3.63) is 29.8 Å². The summed E-state index contributed by atoms with van der Waals surface area (Å²) in [5.74, 6) is 2.90. The number of hydrogen-bond donors (Lipinski definition) is 2. The summed E-state index contributed by atoms with van der Waals surface area (Å²) >= 11 is 2.94. The highest BCUT2D eigenvalue weighted by atomic mass is 32.2. The van der Waals surface area contributed by atoms with Gasteiger partial charge in [0.15, 0.2) is 4.34 Å². The molecule has 1 heterocycles. The predicted molar refractivity (Wildman–Crippen MR) is 112 cm³/mol. The lowest BCUT2D eigenvalue weighted by molar-refractivity contribution is -0.119. The lowest BCUT2D eigenvalue weighted by Gasteiger charge is -2.28. The van der Waals surface area contributed by atoms with Gasteiger partial charge >= 0.3 is 0 Å². The van der Waals surface area contributed by atoms with E-state index >= 15 is 0 Å². The normalized spacial score (nSPS) is 24.7. The maximum Gasteiger partial charge on any atom is 0.230 e. The van der Waals surface area contributed by atoms with Gasteiger partial charge in [0.2, 0.25) is 11.0 Å². The van der Waals surface area contributed by atoms with E-state index in [-0.39, 0.29) is 11.9 Å². The van der Waals surface area contributed by atoms with Crippen LogP contribution in [0.1, 0.15) is 38.2 Å². The van der Waals surface area contributed by atoms with Crippen LogP contribution in [0, 0.1) is 24.7 Å². The minimum atomic E-state index is 0.0962. The number of nitrogens with one attached hydrogen (secondary N) is 2. The molecular weight excluding hydrogens is 376 g/mol. The molecule has 2 N–H and O–H groups in total. The molecule has 1 amide bonds. The minimum Gasteiger partial charge on any atom is -0.353 e. The molecule has 1 aromatic heterocycles. The third kappa shape index (κ3) is 4.46. The fourth-order valence-corrected chi connectivity index (χ4v) is 6.16. The van der Waals surface area contributed by atoms with Crippen molar-refractivity contribution < 1.29 is 4.79 Å². The van der Waals surface area contributed by atoms with Gasteiger partial charge in [-0.2, -0.15) is 0 Å². The van der Waals surface area contributed by atoms with Crippen molar-refractivity contribution in [1.82, 2.24) is 15.5 Å². The molecule has 7 heteroatoms. The van der Waals surface area contributed by atoms with Gasteiger partial charge in [0.05, 0.1) is 5.75 Å². The first-order valence-corrected chi connectivity index (χ1v) is 11.5. The number of amides is 1. The van der Waals surface area contributed by atoms with Crippen LogP contribution in [0.5, 0.6) is 0 Å². The van der Waals surface area contributed by atoms with E-state index in [0.29, 0.717) is 11.7 Å². The van der Waals surface area contributed by atoms with E-state index in [1.54, 1.807) is 0 Å². The van der Waals surface area contributed by atoms with Crippen LogP contribution in [-0.4, -0.2) is 27.9 Å². The molecule has 0 radical (unpaired) electrons. The molecule has 144 valence electrons. The number of carbonyl (C=O) groups excluding carboxylic acids is 1. The molecule has 4 rings (SSSR count). The number of nitrogens with zero attached hydrogens (tertiary/aromatic N) is 2. The van der Waals surface area contributed by atoms with E-state index in [1.807, 2.05) is 18.2 Å². The second-order valence-electron chi connectivity index (χ2n) is 7.80. The Hall–Kier alpha value is -1.60. The fourth-order valence-electron chi connectivity index (χ4n) is 4.58. The van der Waals surface area contributed by atoms with Crippen LogP contribution < -0.4 is 10.6 Å². The highest BCUT2D eigenvalue weighted by Gasteiger charge is 2.42. The fraction of sp³-hybridized carbons (Fsp3) is 0.550. The Kier molecular flexibility index (Phi) is 5.68. The third-order valence-corrected chi connectivity index (χ3v) is 7.92. The monoisotopic (exact) mass is 402 g/mol. The van der Waals surface area contributed by atoms with Crippen molar-refractivity contribution in [3.63, 3.8) is 0 Å². The summed E-state index contributed by atoms with van der Waals surface area (Å²) in [6.07, 6.45) is 5.42. The summed E-state index contributed by atoms with van der Waals surface area (Å²) in [5.41, 5.74) is 2.19. The number of anilines is 2. The van der Waals surface area contributed by atoms with Gasteiger partial charge < -0.3 is 10.6 Å². The molecule has 2 aliphatic rings. The lowest BCUT2D eigenvalue weighted by Crippen LogP contribution is -2.40.